The van der Waals surface area contributed by atoms with Crippen LogP contribution in [0.25, 0.3) is 0 Å². The third kappa shape index (κ3) is 2.47. The van der Waals surface area contributed by atoms with E-state index in [0.717, 1.165) is 0 Å². The van der Waals surface area contributed by atoms with Gasteiger partial charge in [-0.25, -0.2) is 0 Å². The van der Waals surface area contributed by atoms with Crippen molar-refractivity contribution in [2.24, 2.45) is 5.92 Å². The van der Waals surface area contributed by atoms with Gasteiger partial charge < -0.3 is 14.7 Å². The van der Waals surface area contributed by atoms with Crippen molar-refractivity contribution < 1.29 is 14.6 Å². The minimum Gasteiger partial charge on any atom is -0.479 e. The van der Waals surface area contributed by atoms with E-state index in [-0.39, 0.29) is 25.0 Å². The molecule has 1 amide bonds. The summed E-state index contributed by atoms with van der Waals surface area (Å²) >= 11 is 0. The molecule has 0 aromatic heterocycles. The Kier molecular flexibility index (Phi) is 3.85. The second-order valence-corrected chi connectivity index (χ2v) is 4.22. The predicted molar refractivity (Wildman–Crippen MR) is 68.3 cm³/mol. The monoisotopic (exact) mass is 245 g/mol. The third-order valence-electron chi connectivity index (χ3n) is 2.93. The summed E-state index contributed by atoms with van der Waals surface area (Å²) in [5, 5.41) is 9.12. The van der Waals surface area contributed by atoms with Crippen molar-refractivity contribution in [3.05, 3.63) is 24.3 Å². The zero-order chi connectivity index (χ0) is 13.0. The highest BCUT2D eigenvalue weighted by molar-refractivity contribution is 5.97. The molecule has 4 nitrogen and oxygen atoms in total. The van der Waals surface area contributed by atoms with Gasteiger partial charge in [0.2, 0.25) is 5.91 Å². The Hall–Kier alpha value is -1.99. The summed E-state index contributed by atoms with van der Waals surface area (Å²) in [4.78, 5) is 13.5. The van der Waals surface area contributed by atoms with E-state index < -0.39 is 0 Å². The quantitative estimate of drug-likeness (QED) is 0.806. The highest BCUT2D eigenvalue weighted by Crippen LogP contribution is 2.32. The number of carbonyl (C=O) groups excluding carboxylic acids is 1. The number of para-hydroxylation sites is 2. The fourth-order valence-corrected chi connectivity index (χ4v) is 2.06. The van der Waals surface area contributed by atoms with Crippen molar-refractivity contribution in [1.82, 2.24) is 0 Å². The lowest BCUT2D eigenvalue weighted by molar-refractivity contribution is -0.117. The smallest absolute Gasteiger partial charge is 0.227 e. The molecule has 1 fully saturated rings. The average Bonchev–Trinajstić information content (AvgIpc) is 2.78. The fourth-order valence-electron chi connectivity index (χ4n) is 2.06. The van der Waals surface area contributed by atoms with Gasteiger partial charge in [0, 0.05) is 25.5 Å². The number of anilines is 1. The molecule has 0 aliphatic carbocycles. The van der Waals surface area contributed by atoms with Crippen molar-refractivity contribution >= 4 is 11.6 Å². The molecule has 94 valence electrons. The molecule has 1 unspecified atom stereocenters. The zero-order valence-electron chi connectivity index (χ0n) is 10.0. The summed E-state index contributed by atoms with van der Waals surface area (Å²) in [7, 11) is 0. The van der Waals surface area contributed by atoms with E-state index in [1.807, 2.05) is 18.2 Å². The standard InChI is InChI=1S/C14H15NO3/c1-2-7-18-13-6-4-3-5-12(13)15-9-11(10-16)8-14(15)17/h1,3-6,11,16H,7-10H2. The van der Waals surface area contributed by atoms with Gasteiger partial charge in [-0.05, 0) is 12.1 Å². The molecule has 4 heteroatoms. The molecule has 1 atom stereocenters. The number of hydrogen-bond donors (Lipinski definition) is 1. The van der Waals surface area contributed by atoms with Gasteiger partial charge in [-0.2, -0.15) is 0 Å². The molecule has 2 rings (SSSR count). The molecule has 0 spiro atoms. The number of rotatable bonds is 4. The first kappa shape index (κ1) is 12.5. The number of aliphatic hydroxyl groups is 1. The molecular formula is C14H15NO3. The number of amides is 1. The summed E-state index contributed by atoms with van der Waals surface area (Å²) in [5.41, 5.74) is 0.716. The Morgan fingerprint density at radius 3 is 2.94 bits per heavy atom. The van der Waals surface area contributed by atoms with E-state index in [2.05, 4.69) is 5.92 Å². The zero-order valence-corrected chi connectivity index (χ0v) is 10.0. The highest BCUT2D eigenvalue weighted by Gasteiger charge is 2.31. The molecule has 0 saturated carbocycles. The van der Waals surface area contributed by atoms with Crippen molar-refractivity contribution in [1.29, 1.82) is 0 Å². The van der Waals surface area contributed by atoms with Crippen LogP contribution in [0.2, 0.25) is 0 Å². The van der Waals surface area contributed by atoms with Crippen LogP contribution < -0.4 is 9.64 Å². The SMILES string of the molecule is C#CCOc1ccccc1N1CC(CO)CC1=O. The Balaban J connectivity index is 2.23. The van der Waals surface area contributed by atoms with Crippen LogP contribution in [0.4, 0.5) is 5.69 Å². The second-order valence-electron chi connectivity index (χ2n) is 4.22. The van der Waals surface area contributed by atoms with Crippen LogP contribution in [-0.2, 0) is 4.79 Å². The van der Waals surface area contributed by atoms with Gasteiger partial charge in [-0.1, -0.05) is 18.1 Å². The van der Waals surface area contributed by atoms with E-state index in [1.165, 1.54) is 0 Å². The van der Waals surface area contributed by atoms with Gasteiger partial charge in [0.15, 0.2) is 0 Å². The topological polar surface area (TPSA) is 49.8 Å². The van der Waals surface area contributed by atoms with E-state index >= 15 is 0 Å². The molecule has 1 aliphatic heterocycles. The van der Waals surface area contributed by atoms with E-state index in [0.29, 0.717) is 24.4 Å². The molecule has 18 heavy (non-hydrogen) atoms. The van der Waals surface area contributed by atoms with Crippen molar-refractivity contribution in [3.63, 3.8) is 0 Å². The normalized spacial score (nSPS) is 18.8. The summed E-state index contributed by atoms with van der Waals surface area (Å²) in [5.74, 6) is 3.00. The number of carbonyl (C=O) groups is 1. The molecule has 1 saturated heterocycles. The largest absolute Gasteiger partial charge is 0.479 e. The van der Waals surface area contributed by atoms with Crippen molar-refractivity contribution in [3.8, 4) is 18.1 Å². The Bertz CT molecular complexity index is 478. The van der Waals surface area contributed by atoms with Crippen molar-refractivity contribution in [2.45, 2.75) is 6.42 Å². The predicted octanol–water partition coefficient (Wildman–Crippen LogP) is 1.04. The van der Waals surface area contributed by atoms with Crippen LogP contribution >= 0.6 is 0 Å². The molecule has 0 radical (unpaired) electrons. The number of benzene rings is 1. The third-order valence-corrected chi connectivity index (χ3v) is 2.93. The van der Waals surface area contributed by atoms with Gasteiger partial charge >= 0.3 is 0 Å². The first-order valence-electron chi connectivity index (χ1n) is 5.82. The number of terminal acetylenes is 1. The Labute approximate surface area is 106 Å². The number of hydrogen-bond acceptors (Lipinski definition) is 3. The van der Waals surface area contributed by atoms with Gasteiger partial charge in [0.1, 0.15) is 12.4 Å². The maximum Gasteiger partial charge on any atom is 0.227 e. The molecule has 1 heterocycles. The van der Waals surface area contributed by atoms with Crippen LogP contribution in [0.1, 0.15) is 6.42 Å². The van der Waals surface area contributed by atoms with Gasteiger partial charge in [-0.3, -0.25) is 4.79 Å². The van der Waals surface area contributed by atoms with E-state index in [9.17, 15) is 4.79 Å². The maximum atomic E-state index is 11.9. The minimum atomic E-state index is -0.00168. The van der Waals surface area contributed by atoms with Crippen molar-refractivity contribution in [2.75, 3.05) is 24.7 Å². The van der Waals surface area contributed by atoms with Crippen LogP contribution in [0.3, 0.4) is 0 Å². The van der Waals surface area contributed by atoms with Crippen LogP contribution in [0.5, 0.6) is 5.75 Å². The molecule has 1 N–H and O–H groups in total. The minimum absolute atomic E-state index is 0.00168. The maximum absolute atomic E-state index is 11.9. The molecule has 0 bridgehead atoms. The second kappa shape index (κ2) is 5.56. The lowest BCUT2D eigenvalue weighted by Gasteiger charge is -2.19. The summed E-state index contributed by atoms with van der Waals surface area (Å²) in [6.45, 7) is 0.712. The van der Waals surface area contributed by atoms with Gasteiger partial charge in [0.25, 0.3) is 0 Å². The average molecular weight is 245 g/mol. The lowest BCUT2D eigenvalue weighted by atomic mass is 10.1. The van der Waals surface area contributed by atoms with Crippen LogP contribution in [0, 0.1) is 18.3 Å². The molecular weight excluding hydrogens is 230 g/mol. The summed E-state index contributed by atoms with van der Waals surface area (Å²) in [6, 6.07) is 7.28. The molecule has 1 aromatic carbocycles. The number of aliphatic hydroxyl groups excluding tert-OH is 1. The fraction of sp³-hybridized carbons (Fsp3) is 0.357. The summed E-state index contributed by atoms with van der Waals surface area (Å²) in [6.07, 6.45) is 5.54. The lowest BCUT2D eigenvalue weighted by Crippen LogP contribution is -2.25. The van der Waals surface area contributed by atoms with Gasteiger partial charge in [-0.15, -0.1) is 6.42 Å². The molecule has 1 aliphatic rings. The molecule has 1 aromatic rings. The summed E-state index contributed by atoms with van der Waals surface area (Å²) < 4.78 is 5.42. The van der Waals surface area contributed by atoms with Crippen LogP contribution in [0.15, 0.2) is 24.3 Å². The number of nitrogens with zero attached hydrogens (tertiary/aromatic N) is 1. The van der Waals surface area contributed by atoms with E-state index in [1.54, 1.807) is 11.0 Å². The Morgan fingerprint density at radius 2 is 2.28 bits per heavy atom. The highest BCUT2D eigenvalue weighted by atomic mass is 16.5. The first-order chi connectivity index (χ1) is 8.76. The van der Waals surface area contributed by atoms with Crippen LogP contribution in [-0.4, -0.2) is 30.8 Å². The van der Waals surface area contributed by atoms with E-state index in [4.69, 9.17) is 16.3 Å². The van der Waals surface area contributed by atoms with Gasteiger partial charge in [0.05, 0.1) is 5.69 Å². The first-order valence-corrected chi connectivity index (χ1v) is 5.82. The Morgan fingerprint density at radius 1 is 1.50 bits per heavy atom. The number of ether oxygens (including phenoxy) is 1.